The molecule has 0 N–H and O–H groups in total. The van der Waals surface area contributed by atoms with Crippen molar-refractivity contribution in [3.05, 3.63) is 0 Å². The maximum Gasteiger partial charge on any atom is 0.141 e. The maximum absolute atomic E-state index is 12.0. The smallest absolute Gasteiger partial charge is 0.141 e. The second-order valence-corrected chi connectivity index (χ2v) is 5.77. The molecule has 0 atom stereocenters. The molecule has 0 unspecified atom stereocenters. The Morgan fingerprint density at radius 3 is 1.67 bits per heavy atom. The molecule has 0 spiro atoms. The maximum atomic E-state index is 12.0. The Balaban J connectivity index is 2.51. The van der Waals surface area contributed by atoms with E-state index in [-0.39, 0.29) is 23.0 Å². The SMILES string of the molecule is CC(=O)[C@H]1CC[C@H](C(=O)C(C)(C)C)CC1. The van der Waals surface area contributed by atoms with E-state index in [9.17, 15) is 9.59 Å². The van der Waals surface area contributed by atoms with E-state index >= 15 is 0 Å². The summed E-state index contributed by atoms with van der Waals surface area (Å²) in [5.41, 5.74) is -0.228. The van der Waals surface area contributed by atoms with Gasteiger partial charge in [0.15, 0.2) is 0 Å². The van der Waals surface area contributed by atoms with Crippen LogP contribution < -0.4 is 0 Å². The van der Waals surface area contributed by atoms with Crippen LogP contribution in [0, 0.1) is 17.3 Å². The van der Waals surface area contributed by atoms with Gasteiger partial charge in [-0.25, -0.2) is 0 Å². The Morgan fingerprint density at radius 2 is 1.33 bits per heavy atom. The number of rotatable bonds is 2. The summed E-state index contributed by atoms with van der Waals surface area (Å²) >= 11 is 0. The van der Waals surface area contributed by atoms with Crippen molar-refractivity contribution >= 4 is 11.6 Å². The standard InChI is InChI=1S/C13H22O2/c1-9(14)10-5-7-11(8-6-10)12(15)13(2,3)4/h10-11H,5-8H2,1-4H3/t10-,11-. The van der Waals surface area contributed by atoms with Crippen LogP contribution in [0.15, 0.2) is 0 Å². The summed E-state index contributed by atoms with van der Waals surface area (Å²) in [7, 11) is 0. The van der Waals surface area contributed by atoms with E-state index in [1.165, 1.54) is 0 Å². The Morgan fingerprint density at radius 1 is 0.933 bits per heavy atom. The van der Waals surface area contributed by atoms with Crippen LogP contribution in [0.1, 0.15) is 53.4 Å². The van der Waals surface area contributed by atoms with Crippen molar-refractivity contribution in [2.75, 3.05) is 0 Å². The molecule has 0 amide bonds. The van der Waals surface area contributed by atoms with Gasteiger partial charge in [0.05, 0.1) is 0 Å². The van der Waals surface area contributed by atoms with Crippen LogP contribution in [0.5, 0.6) is 0 Å². The first kappa shape index (κ1) is 12.4. The lowest BCUT2D eigenvalue weighted by Gasteiger charge is -2.30. The first-order chi connectivity index (χ1) is 6.82. The fourth-order valence-electron chi connectivity index (χ4n) is 2.37. The van der Waals surface area contributed by atoms with Crippen molar-refractivity contribution in [3.63, 3.8) is 0 Å². The third-order valence-electron chi connectivity index (χ3n) is 3.41. The van der Waals surface area contributed by atoms with Gasteiger partial charge in [-0.1, -0.05) is 20.8 Å². The van der Waals surface area contributed by atoms with E-state index in [1.807, 2.05) is 20.8 Å². The highest BCUT2D eigenvalue weighted by atomic mass is 16.1. The summed E-state index contributed by atoms with van der Waals surface area (Å²) in [6.07, 6.45) is 3.62. The lowest BCUT2D eigenvalue weighted by molar-refractivity contribution is -0.133. The van der Waals surface area contributed by atoms with E-state index in [0.29, 0.717) is 5.78 Å². The van der Waals surface area contributed by atoms with Crippen LogP contribution in [-0.2, 0) is 9.59 Å². The summed E-state index contributed by atoms with van der Waals surface area (Å²) in [5.74, 6) is 1.07. The fourth-order valence-corrected chi connectivity index (χ4v) is 2.37. The van der Waals surface area contributed by atoms with Gasteiger partial charge >= 0.3 is 0 Å². The van der Waals surface area contributed by atoms with Gasteiger partial charge in [-0.3, -0.25) is 9.59 Å². The van der Waals surface area contributed by atoms with Crippen LogP contribution in [-0.4, -0.2) is 11.6 Å². The van der Waals surface area contributed by atoms with Gasteiger partial charge in [-0.15, -0.1) is 0 Å². The molecule has 0 saturated heterocycles. The molecule has 0 aromatic carbocycles. The quantitative estimate of drug-likeness (QED) is 0.702. The first-order valence-electron chi connectivity index (χ1n) is 5.87. The molecule has 0 aromatic rings. The van der Waals surface area contributed by atoms with Crippen molar-refractivity contribution < 1.29 is 9.59 Å². The third kappa shape index (κ3) is 3.15. The predicted octanol–water partition coefficient (Wildman–Crippen LogP) is 3.00. The van der Waals surface area contributed by atoms with E-state index < -0.39 is 0 Å². The minimum Gasteiger partial charge on any atom is -0.300 e. The van der Waals surface area contributed by atoms with E-state index in [4.69, 9.17) is 0 Å². The van der Waals surface area contributed by atoms with Crippen molar-refractivity contribution in [1.82, 2.24) is 0 Å². The van der Waals surface area contributed by atoms with Gasteiger partial charge in [0.1, 0.15) is 11.6 Å². The molecule has 0 radical (unpaired) electrons. The molecular formula is C13H22O2. The molecule has 2 heteroatoms. The molecule has 1 saturated carbocycles. The molecule has 1 aliphatic carbocycles. The zero-order chi connectivity index (χ0) is 11.6. The monoisotopic (exact) mass is 210 g/mol. The number of ketones is 2. The average Bonchev–Trinajstić information content (AvgIpc) is 2.15. The lowest BCUT2D eigenvalue weighted by atomic mass is 9.73. The van der Waals surface area contributed by atoms with Crippen molar-refractivity contribution in [3.8, 4) is 0 Å². The molecule has 0 aromatic heterocycles. The predicted molar refractivity (Wildman–Crippen MR) is 60.6 cm³/mol. The summed E-state index contributed by atoms with van der Waals surface area (Å²) in [4.78, 5) is 23.2. The van der Waals surface area contributed by atoms with Gasteiger partial charge in [0.2, 0.25) is 0 Å². The minimum absolute atomic E-state index is 0.195. The number of carbonyl (C=O) groups excluding carboxylic acids is 2. The Bertz CT molecular complexity index is 252. The van der Waals surface area contributed by atoms with Gasteiger partial charge in [-0.2, -0.15) is 0 Å². The van der Waals surface area contributed by atoms with Gasteiger partial charge in [0, 0.05) is 17.3 Å². The Hall–Kier alpha value is -0.660. The third-order valence-corrected chi connectivity index (χ3v) is 3.41. The second-order valence-electron chi connectivity index (χ2n) is 5.77. The van der Waals surface area contributed by atoms with Crippen molar-refractivity contribution in [2.45, 2.75) is 53.4 Å². The molecule has 0 aliphatic heterocycles. The van der Waals surface area contributed by atoms with Crippen molar-refractivity contribution in [2.24, 2.45) is 17.3 Å². The molecule has 15 heavy (non-hydrogen) atoms. The topological polar surface area (TPSA) is 34.1 Å². The van der Waals surface area contributed by atoms with Crippen LogP contribution in [0.4, 0.5) is 0 Å². The molecule has 0 heterocycles. The van der Waals surface area contributed by atoms with E-state index in [1.54, 1.807) is 6.92 Å². The van der Waals surface area contributed by atoms with Gasteiger partial charge in [0.25, 0.3) is 0 Å². The normalized spacial score (nSPS) is 27.5. The minimum atomic E-state index is -0.228. The van der Waals surface area contributed by atoms with Crippen LogP contribution >= 0.6 is 0 Å². The molecule has 1 rings (SSSR count). The first-order valence-corrected chi connectivity index (χ1v) is 5.87. The highest BCUT2D eigenvalue weighted by molar-refractivity contribution is 5.86. The lowest BCUT2D eigenvalue weighted by Crippen LogP contribution is -2.32. The fraction of sp³-hybridized carbons (Fsp3) is 0.846. The highest BCUT2D eigenvalue weighted by Gasteiger charge is 2.33. The number of hydrogen-bond donors (Lipinski definition) is 0. The molecule has 0 bridgehead atoms. The molecule has 86 valence electrons. The summed E-state index contributed by atoms with van der Waals surface area (Å²) in [6.45, 7) is 7.60. The number of Topliss-reactive ketones (excluding diaryl/α,β-unsaturated/α-hetero) is 2. The van der Waals surface area contributed by atoms with Gasteiger partial charge in [-0.05, 0) is 32.6 Å². The summed E-state index contributed by atoms with van der Waals surface area (Å²) in [6, 6.07) is 0. The summed E-state index contributed by atoms with van der Waals surface area (Å²) in [5, 5.41) is 0. The summed E-state index contributed by atoms with van der Waals surface area (Å²) < 4.78 is 0. The number of hydrogen-bond acceptors (Lipinski definition) is 2. The molecule has 1 fully saturated rings. The van der Waals surface area contributed by atoms with Crippen LogP contribution in [0.3, 0.4) is 0 Å². The number of carbonyl (C=O) groups is 2. The highest BCUT2D eigenvalue weighted by Crippen LogP contribution is 2.34. The molecule has 2 nitrogen and oxygen atoms in total. The van der Waals surface area contributed by atoms with Gasteiger partial charge < -0.3 is 0 Å². The molecular weight excluding hydrogens is 188 g/mol. The van der Waals surface area contributed by atoms with Crippen LogP contribution in [0.25, 0.3) is 0 Å². The Kier molecular flexibility index (Phi) is 3.69. The molecule has 1 aliphatic rings. The van der Waals surface area contributed by atoms with Crippen LogP contribution in [0.2, 0.25) is 0 Å². The van der Waals surface area contributed by atoms with E-state index in [2.05, 4.69) is 0 Å². The van der Waals surface area contributed by atoms with E-state index in [0.717, 1.165) is 25.7 Å². The zero-order valence-electron chi connectivity index (χ0n) is 10.3. The largest absolute Gasteiger partial charge is 0.300 e. The Labute approximate surface area is 92.4 Å². The average molecular weight is 210 g/mol. The second kappa shape index (κ2) is 4.46. The zero-order valence-corrected chi connectivity index (χ0v) is 10.3. The van der Waals surface area contributed by atoms with Crippen molar-refractivity contribution in [1.29, 1.82) is 0 Å².